The Morgan fingerprint density at radius 2 is 1.60 bits per heavy atom. The molecule has 4 aliphatic rings. The Morgan fingerprint density at radius 1 is 0.938 bits per heavy atom. The summed E-state index contributed by atoms with van der Waals surface area (Å²) < 4.78 is 4.60. The fourth-order valence-electron chi connectivity index (χ4n) is 6.40. The molecule has 1 radical (unpaired) electrons. The number of anilines is 1. The average molecular weight is 1100 g/mol. The summed E-state index contributed by atoms with van der Waals surface area (Å²) in [5, 5.41) is 54.3. The van der Waals surface area contributed by atoms with Crippen molar-refractivity contribution in [1.82, 2.24) is 10.4 Å². The number of aromatic nitrogens is 1. The first-order chi connectivity index (χ1) is 30.5. The standard InChI is InChI=1S/C24H29Br2N2.C9H7N4O4S.C9H6N4O4S.Co/c1-6-24(4)20-15-18(25)11-13-22(20)27(5)23(24)14-10-17-9-12-19(16-21(17)26)28(7-2)8-3;2*14-5-1-2-6(7(15)3-5)11-12-9-10-4-8(18-9)13(16)17;/h9-16H,6-8H2,1-5H3;1-4,9H,(H2,12,14,15);1-4H,(H2,10,12,14,15);/q+1;-1;;/p-1. The summed E-state index contributed by atoms with van der Waals surface area (Å²) in [6.45, 7) is 11.0. The predicted molar refractivity (Wildman–Crippen MR) is 257 cm³/mol. The zero-order valence-electron chi connectivity index (χ0n) is 35.2. The third-order valence-electron chi connectivity index (χ3n) is 9.91. The summed E-state index contributed by atoms with van der Waals surface area (Å²) in [5.74, 6) is -1.25. The van der Waals surface area contributed by atoms with Crippen molar-refractivity contribution in [2.45, 2.75) is 45.0 Å². The predicted octanol–water partition coefficient (Wildman–Crippen LogP) is 8.61. The molecule has 3 heterocycles. The van der Waals surface area contributed by atoms with Gasteiger partial charge >= 0.3 is 5.00 Å². The maximum absolute atomic E-state index is 10.9. The van der Waals surface area contributed by atoms with Gasteiger partial charge in [0, 0.05) is 90.9 Å². The molecular formula is C42H41Br2CoN10O8S2-. The first-order valence-electron chi connectivity index (χ1n) is 19.3. The van der Waals surface area contributed by atoms with E-state index in [1.54, 1.807) is 0 Å². The van der Waals surface area contributed by atoms with E-state index in [4.69, 9.17) is 0 Å². The van der Waals surface area contributed by atoms with Gasteiger partial charge in [0.15, 0.2) is 17.3 Å². The van der Waals surface area contributed by atoms with Gasteiger partial charge in [-0.3, -0.25) is 34.9 Å². The van der Waals surface area contributed by atoms with Gasteiger partial charge in [-0.05, 0) is 99.2 Å². The van der Waals surface area contributed by atoms with Crippen molar-refractivity contribution in [3.63, 3.8) is 0 Å². The van der Waals surface area contributed by atoms with Crippen molar-refractivity contribution in [2.24, 2.45) is 15.3 Å². The number of thioether (sulfide) groups is 1. The van der Waals surface area contributed by atoms with Crippen LogP contribution in [0.15, 0.2) is 132 Å². The van der Waals surface area contributed by atoms with Gasteiger partial charge in [-0.2, -0.15) is 9.68 Å². The van der Waals surface area contributed by atoms with Crippen molar-refractivity contribution in [3.05, 3.63) is 158 Å². The van der Waals surface area contributed by atoms with Crippen LogP contribution in [0.2, 0.25) is 0 Å². The van der Waals surface area contributed by atoms with E-state index in [0.29, 0.717) is 0 Å². The van der Waals surface area contributed by atoms with Gasteiger partial charge < -0.3 is 35.9 Å². The Balaban J connectivity index is 0.000000220. The maximum Gasteiger partial charge on any atom is 0.319 e. The number of nitro groups is 2. The molecule has 0 saturated heterocycles. The molecule has 2 aromatic carbocycles. The van der Waals surface area contributed by atoms with Gasteiger partial charge in [-0.25, -0.2) is 0 Å². The molecule has 7 rings (SSSR count). The first kappa shape index (κ1) is 51.9. The summed E-state index contributed by atoms with van der Waals surface area (Å²) in [5.41, 5.74) is 8.68. The Morgan fingerprint density at radius 3 is 2.15 bits per heavy atom. The Kier molecular flexibility index (Phi) is 18.7. The molecule has 3 N–H and O–H groups in total. The molecule has 0 bridgehead atoms. The number of ketones is 2. The van der Waals surface area contributed by atoms with Crippen LogP contribution in [0.1, 0.15) is 45.2 Å². The number of nitrogens with one attached hydrogen (secondary N) is 1. The fourth-order valence-corrected chi connectivity index (χ4v) is 8.48. The largest absolute Gasteiger partial charge is 0.655 e. The van der Waals surface area contributed by atoms with Gasteiger partial charge in [-0.15, -0.1) is 0 Å². The SMILES string of the molecule is CCN(CC)c1ccc(/C=C/C2=[N+](C)c3ccc(Br)cc3C2(C)CC)c(Br)c1.O=C1C=CC(=NN=c2[n-]cc([N+](=O)[O-])s2)C(O)=C1.O=C1C=CC(=NNC2[N-]C=C([N+](=O)[O-])S2)C(O)=C1.[Co]. The number of benzene rings is 2. The third-order valence-corrected chi connectivity index (χ3v) is 12.9. The number of hydrogen-bond donors (Lipinski definition) is 3. The molecule has 2 unspecified atom stereocenters. The second kappa shape index (κ2) is 23.5. The van der Waals surface area contributed by atoms with Crippen LogP contribution in [0.5, 0.6) is 0 Å². The summed E-state index contributed by atoms with van der Waals surface area (Å²) in [4.78, 5) is 47.6. The maximum atomic E-state index is 10.9. The number of nitrogens with zero attached hydrogens (tertiary/aromatic N) is 9. The van der Waals surface area contributed by atoms with Gasteiger partial charge in [0.25, 0.3) is 5.03 Å². The van der Waals surface area contributed by atoms with Gasteiger partial charge in [0.05, 0.1) is 15.3 Å². The molecule has 2 aliphatic heterocycles. The van der Waals surface area contributed by atoms with Crippen LogP contribution in [0.3, 0.4) is 0 Å². The summed E-state index contributed by atoms with van der Waals surface area (Å²) in [7, 11) is 2.17. The number of allylic oxidation sites excluding steroid dienone is 7. The molecule has 0 fully saturated rings. The number of hydrazone groups is 1. The van der Waals surface area contributed by atoms with Crippen LogP contribution in [0.4, 0.5) is 16.4 Å². The minimum Gasteiger partial charge on any atom is -0.655 e. The third kappa shape index (κ3) is 13.2. The van der Waals surface area contributed by atoms with E-state index in [0.717, 1.165) is 76.1 Å². The number of hydrogen-bond acceptors (Lipinski definition) is 15. The second-order valence-corrected chi connectivity index (χ2v) is 17.7. The molecule has 1 aromatic heterocycles. The average Bonchev–Trinajstić information content (AvgIpc) is 3.99. The molecule has 23 heteroatoms. The number of carbonyl (C=O) groups excluding carboxylic acids is 2. The van der Waals surface area contributed by atoms with Crippen molar-refractivity contribution in [2.75, 3.05) is 25.0 Å². The van der Waals surface area contributed by atoms with Gasteiger partial charge in [0.2, 0.25) is 5.69 Å². The number of thiazole rings is 1. The van der Waals surface area contributed by atoms with Crippen molar-refractivity contribution < 1.29 is 51.0 Å². The van der Waals surface area contributed by atoms with Crippen molar-refractivity contribution >= 4 is 106 Å². The summed E-state index contributed by atoms with van der Waals surface area (Å²) >= 11 is 9.07. The molecule has 0 amide bonds. The van der Waals surface area contributed by atoms with Gasteiger partial charge in [-0.1, -0.05) is 62.4 Å². The van der Waals surface area contributed by atoms with Crippen LogP contribution in [-0.4, -0.2) is 79.0 Å². The minimum absolute atomic E-state index is 0. The fraction of sp³-hybridized carbons (Fsp3) is 0.238. The number of carbonyl (C=O) groups is 2. The number of aliphatic hydroxyl groups excluding tert-OH is 2. The zero-order chi connectivity index (χ0) is 46.7. The van der Waals surface area contributed by atoms with E-state index >= 15 is 0 Å². The smallest absolute Gasteiger partial charge is 0.319 e. The quantitative estimate of drug-likeness (QED) is 0.0707. The first-order valence-corrected chi connectivity index (χ1v) is 22.6. The molecule has 343 valence electrons. The topological polar surface area (TPSA) is 244 Å². The Labute approximate surface area is 408 Å². The Hall–Kier alpha value is -5.72. The molecule has 18 nitrogen and oxygen atoms in total. The van der Waals surface area contributed by atoms with Crippen molar-refractivity contribution in [1.29, 1.82) is 0 Å². The number of aliphatic hydroxyl groups is 2. The number of fused-ring (bicyclic) bond motifs is 1. The molecule has 65 heavy (non-hydrogen) atoms. The summed E-state index contributed by atoms with van der Waals surface area (Å²) in [6.07, 6.45) is 14.9. The van der Waals surface area contributed by atoms with Crippen LogP contribution in [-0.2, 0) is 31.8 Å². The van der Waals surface area contributed by atoms with Crippen LogP contribution in [0, 0.1) is 20.2 Å². The van der Waals surface area contributed by atoms with E-state index in [9.17, 15) is 40.0 Å². The second-order valence-electron chi connectivity index (χ2n) is 13.8. The minimum atomic E-state index is -0.614. The summed E-state index contributed by atoms with van der Waals surface area (Å²) in [6, 6.07) is 13.2. The monoisotopic (exact) mass is 1090 g/mol. The van der Waals surface area contributed by atoms with E-state index in [-0.39, 0.29) is 71.5 Å². The van der Waals surface area contributed by atoms with Crippen LogP contribution in [0.25, 0.3) is 11.4 Å². The van der Waals surface area contributed by atoms with E-state index in [1.165, 1.54) is 52.5 Å². The number of rotatable bonds is 11. The van der Waals surface area contributed by atoms with Crippen molar-refractivity contribution in [3.8, 4) is 0 Å². The molecule has 2 aliphatic carbocycles. The molecular weight excluding hydrogens is 1060 g/mol. The van der Waals surface area contributed by atoms with Crippen LogP contribution < -0.4 is 20.1 Å². The number of halogens is 2. The normalized spacial score (nSPS) is 20.0. The van der Waals surface area contributed by atoms with E-state index in [1.807, 2.05) is 0 Å². The van der Waals surface area contributed by atoms with E-state index < -0.39 is 15.3 Å². The molecule has 0 saturated carbocycles. The molecule has 0 spiro atoms. The Bertz CT molecular complexity index is 2720. The van der Waals surface area contributed by atoms with Crippen LogP contribution >= 0.6 is 55.0 Å². The molecule has 2 atom stereocenters. The molecule has 3 aromatic rings. The van der Waals surface area contributed by atoms with E-state index in [2.05, 4.69) is 156 Å². The zero-order valence-corrected chi connectivity index (χ0v) is 41.1. The van der Waals surface area contributed by atoms with Gasteiger partial charge in [0.1, 0.15) is 30.0 Å².